The van der Waals surface area contributed by atoms with E-state index in [0.29, 0.717) is 23.3 Å². The van der Waals surface area contributed by atoms with Gasteiger partial charge in [0, 0.05) is 18.2 Å². The number of para-hydroxylation sites is 1. The number of aromatic nitrogens is 2. The number of nitrogens with one attached hydrogen (secondary N) is 2. The smallest absolute Gasteiger partial charge is 0.258 e. The van der Waals surface area contributed by atoms with E-state index in [1.165, 1.54) is 17.0 Å². The number of nitrogens with zero attached hydrogens (tertiary/aromatic N) is 2. The molecule has 0 radical (unpaired) electrons. The predicted molar refractivity (Wildman–Crippen MR) is 134 cm³/mol. The van der Waals surface area contributed by atoms with E-state index in [1.54, 1.807) is 50.2 Å². The van der Waals surface area contributed by atoms with Crippen molar-refractivity contribution in [2.24, 2.45) is 0 Å². The van der Waals surface area contributed by atoms with Crippen LogP contribution >= 0.6 is 0 Å². The van der Waals surface area contributed by atoms with Gasteiger partial charge in [0.25, 0.3) is 11.5 Å². The largest absolute Gasteiger partial charge is 0.331 e. The molecule has 3 aromatic carbocycles. The first-order chi connectivity index (χ1) is 16.8. The molecule has 35 heavy (non-hydrogen) atoms. The van der Waals surface area contributed by atoms with E-state index in [-0.39, 0.29) is 28.5 Å². The van der Waals surface area contributed by atoms with Crippen molar-refractivity contribution in [2.45, 2.75) is 31.3 Å². The Morgan fingerprint density at radius 1 is 1.03 bits per heavy atom. The summed E-state index contributed by atoms with van der Waals surface area (Å²) in [6.07, 6.45) is 0. The van der Waals surface area contributed by atoms with Gasteiger partial charge in [0.1, 0.15) is 5.82 Å². The molecule has 2 N–H and O–H groups in total. The third-order valence-electron chi connectivity index (χ3n) is 5.69. The number of hydrogen-bond donors (Lipinski definition) is 2. The lowest BCUT2D eigenvalue weighted by molar-refractivity contribution is 0.0748. The molecule has 0 fully saturated rings. The van der Waals surface area contributed by atoms with Crippen LogP contribution in [0, 0.1) is 0 Å². The first-order valence-corrected chi connectivity index (χ1v) is 12.7. The van der Waals surface area contributed by atoms with Crippen molar-refractivity contribution in [3.05, 3.63) is 106 Å². The van der Waals surface area contributed by atoms with Gasteiger partial charge in [-0.3, -0.25) is 9.59 Å². The van der Waals surface area contributed by atoms with Crippen LogP contribution in [0.3, 0.4) is 0 Å². The summed E-state index contributed by atoms with van der Waals surface area (Å²) in [6, 6.07) is 21.7. The topological polar surface area (TPSA) is 112 Å². The molecule has 4 aromatic rings. The Morgan fingerprint density at radius 3 is 2.49 bits per heavy atom. The van der Waals surface area contributed by atoms with Gasteiger partial charge in [-0.15, -0.1) is 0 Å². The average Bonchev–Trinajstić information content (AvgIpc) is 2.87. The van der Waals surface area contributed by atoms with E-state index in [9.17, 15) is 18.0 Å². The van der Waals surface area contributed by atoms with E-state index in [0.717, 1.165) is 5.56 Å². The first kappa shape index (κ1) is 24.3. The van der Waals surface area contributed by atoms with Crippen LogP contribution in [0.2, 0.25) is 0 Å². The molecule has 180 valence electrons. The standard InChI is InChI=1S/C26H26N4O4S/c1-3-30(17-24-27-23-15-8-7-14-22(23)25(31)28-24)26(32)20-12-9-13-21(16-20)35(33,34)29-18(2)19-10-5-4-6-11-19/h4-16,18,29H,3,17H2,1-2H3,(H,27,28,31)/t18-/m1/s1. The summed E-state index contributed by atoms with van der Waals surface area (Å²) in [4.78, 5) is 34.3. The molecule has 1 amide bonds. The number of H-pyrrole nitrogens is 1. The molecule has 1 atom stereocenters. The third kappa shape index (κ3) is 5.47. The van der Waals surface area contributed by atoms with Crippen LogP contribution in [0.5, 0.6) is 0 Å². The molecule has 1 aromatic heterocycles. The van der Waals surface area contributed by atoms with Gasteiger partial charge in [0.05, 0.1) is 22.3 Å². The van der Waals surface area contributed by atoms with E-state index < -0.39 is 16.1 Å². The van der Waals surface area contributed by atoms with Crippen LogP contribution in [0.4, 0.5) is 0 Å². The molecule has 0 unspecified atom stereocenters. The number of carbonyl (C=O) groups is 1. The van der Waals surface area contributed by atoms with E-state index >= 15 is 0 Å². The Hall–Kier alpha value is -3.82. The fourth-order valence-corrected chi connectivity index (χ4v) is 5.08. The Labute approximate surface area is 203 Å². The zero-order valence-electron chi connectivity index (χ0n) is 19.4. The normalized spacial score (nSPS) is 12.4. The van der Waals surface area contributed by atoms with E-state index in [4.69, 9.17) is 0 Å². The summed E-state index contributed by atoms with van der Waals surface area (Å²) >= 11 is 0. The summed E-state index contributed by atoms with van der Waals surface area (Å²) < 4.78 is 28.7. The molecule has 0 spiro atoms. The maximum atomic E-state index is 13.2. The summed E-state index contributed by atoms with van der Waals surface area (Å²) in [6.45, 7) is 3.99. The average molecular weight is 491 g/mol. The molecule has 0 aliphatic carbocycles. The fourth-order valence-electron chi connectivity index (χ4n) is 3.81. The summed E-state index contributed by atoms with van der Waals surface area (Å²) in [7, 11) is -3.87. The van der Waals surface area contributed by atoms with Gasteiger partial charge >= 0.3 is 0 Å². The maximum absolute atomic E-state index is 13.2. The van der Waals surface area contributed by atoms with Crippen LogP contribution < -0.4 is 10.3 Å². The van der Waals surface area contributed by atoms with Gasteiger partial charge in [0.2, 0.25) is 10.0 Å². The monoisotopic (exact) mass is 490 g/mol. The van der Waals surface area contributed by atoms with Crippen molar-refractivity contribution >= 4 is 26.8 Å². The Morgan fingerprint density at radius 2 is 1.74 bits per heavy atom. The van der Waals surface area contributed by atoms with Crippen molar-refractivity contribution < 1.29 is 13.2 Å². The van der Waals surface area contributed by atoms with Crippen molar-refractivity contribution in [2.75, 3.05) is 6.54 Å². The zero-order valence-corrected chi connectivity index (χ0v) is 20.2. The molecule has 9 heteroatoms. The van der Waals surface area contributed by atoms with Gasteiger partial charge in [-0.05, 0) is 49.7 Å². The number of sulfonamides is 1. The second-order valence-corrected chi connectivity index (χ2v) is 9.84. The predicted octanol–water partition coefficient (Wildman–Crippen LogP) is 3.62. The van der Waals surface area contributed by atoms with Crippen LogP contribution in [0.15, 0.2) is 88.6 Å². The molecule has 0 saturated heterocycles. The summed E-state index contributed by atoms with van der Waals surface area (Å²) in [5, 5.41) is 0.473. The highest BCUT2D eigenvalue weighted by Gasteiger charge is 2.22. The molecule has 0 aliphatic rings. The molecule has 0 bridgehead atoms. The van der Waals surface area contributed by atoms with Crippen LogP contribution in [-0.2, 0) is 16.6 Å². The number of aromatic amines is 1. The highest BCUT2D eigenvalue weighted by molar-refractivity contribution is 7.89. The van der Waals surface area contributed by atoms with Crippen LogP contribution in [0.1, 0.15) is 41.6 Å². The SMILES string of the molecule is CCN(Cc1nc2ccccc2c(=O)[nH]1)C(=O)c1cccc(S(=O)(=O)N[C@H](C)c2ccccc2)c1. The minimum Gasteiger partial charge on any atom is -0.331 e. The minimum absolute atomic E-state index is 0.000536. The lowest BCUT2D eigenvalue weighted by atomic mass is 10.1. The number of carbonyl (C=O) groups excluding carboxylic acids is 1. The number of hydrogen-bond acceptors (Lipinski definition) is 5. The van der Waals surface area contributed by atoms with Crippen molar-refractivity contribution in [1.82, 2.24) is 19.6 Å². The molecule has 8 nitrogen and oxygen atoms in total. The van der Waals surface area contributed by atoms with Gasteiger partial charge < -0.3 is 9.88 Å². The number of amides is 1. The Bertz CT molecular complexity index is 1520. The van der Waals surface area contributed by atoms with Crippen LogP contribution in [0.25, 0.3) is 10.9 Å². The van der Waals surface area contributed by atoms with E-state index in [2.05, 4.69) is 14.7 Å². The van der Waals surface area contributed by atoms with Crippen molar-refractivity contribution in [1.29, 1.82) is 0 Å². The highest BCUT2D eigenvalue weighted by Crippen LogP contribution is 2.19. The first-order valence-electron chi connectivity index (χ1n) is 11.2. The molecular formula is C26H26N4O4S. The summed E-state index contributed by atoms with van der Waals surface area (Å²) in [5.41, 5.74) is 1.32. The van der Waals surface area contributed by atoms with Crippen molar-refractivity contribution in [3.8, 4) is 0 Å². The second kappa shape index (κ2) is 10.2. The lowest BCUT2D eigenvalue weighted by Crippen LogP contribution is -2.32. The number of rotatable bonds is 8. The Balaban J connectivity index is 1.56. The third-order valence-corrected chi connectivity index (χ3v) is 7.23. The number of fused-ring (bicyclic) bond motifs is 1. The van der Waals surface area contributed by atoms with Crippen molar-refractivity contribution in [3.63, 3.8) is 0 Å². The van der Waals surface area contributed by atoms with Gasteiger partial charge in [0.15, 0.2) is 0 Å². The van der Waals surface area contributed by atoms with Gasteiger partial charge in [-0.1, -0.05) is 48.5 Å². The molecule has 0 saturated carbocycles. The van der Waals surface area contributed by atoms with E-state index in [1.807, 2.05) is 30.3 Å². The second-order valence-electron chi connectivity index (χ2n) is 8.13. The Kier molecular flexibility index (Phi) is 7.09. The molecule has 0 aliphatic heterocycles. The van der Waals surface area contributed by atoms with Gasteiger partial charge in [-0.2, -0.15) is 0 Å². The minimum atomic E-state index is -3.87. The maximum Gasteiger partial charge on any atom is 0.258 e. The van der Waals surface area contributed by atoms with Crippen LogP contribution in [-0.4, -0.2) is 35.7 Å². The highest BCUT2D eigenvalue weighted by atomic mass is 32.2. The molecule has 4 rings (SSSR count). The van der Waals surface area contributed by atoms with Gasteiger partial charge in [-0.25, -0.2) is 18.1 Å². The number of benzene rings is 3. The quantitative estimate of drug-likeness (QED) is 0.392. The summed E-state index contributed by atoms with van der Waals surface area (Å²) in [5.74, 6) is -0.0116. The lowest BCUT2D eigenvalue weighted by Gasteiger charge is -2.21. The molecule has 1 heterocycles. The zero-order chi connectivity index (χ0) is 25.0. The molecular weight excluding hydrogens is 464 g/mol. The fraction of sp³-hybridized carbons (Fsp3) is 0.192.